The van der Waals surface area contributed by atoms with Gasteiger partial charge in [-0.2, -0.15) is 0 Å². The maximum Gasteiger partial charge on any atom is 0.00471 e. The van der Waals surface area contributed by atoms with Crippen LogP contribution in [0.25, 0.3) is 0 Å². The van der Waals surface area contributed by atoms with Gasteiger partial charge in [0.25, 0.3) is 0 Å². The normalized spacial score (nSPS) is 64.8. The molecular weight excluding hydrogens is 122 g/mol. The predicted octanol–water partition coefficient (Wildman–Crippen LogP) is 1.38. The molecule has 1 nitrogen and oxygen atoms in total. The maximum atomic E-state index is 5.90. The highest BCUT2D eigenvalue weighted by Gasteiger charge is 2.80. The van der Waals surface area contributed by atoms with Crippen molar-refractivity contribution in [2.24, 2.45) is 28.9 Å². The monoisotopic (exact) mass is 137 g/mol. The fourth-order valence-electron chi connectivity index (χ4n) is 3.86. The third-order valence-electron chi connectivity index (χ3n) is 4.23. The Morgan fingerprint density at radius 1 is 1.50 bits per heavy atom. The fourth-order valence-corrected chi connectivity index (χ4v) is 3.86. The molecule has 0 amide bonds. The fraction of sp³-hybridized carbons (Fsp3) is 1.00. The van der Waals surface area contributed by atoms with Gasteiger partial charge in [-0.05, 0) is 49.4 Å². The van der Waals surface area contributed by atoms with Crippen LogP contribution in [0.3, 0.4) is 0 Å². The molecule has 3 aliphatic carbocycles. The molecule has 0 aromatic heterocycles. The van der Waals surface area contributed by atoms with E-state index >= 15 is 0 Å². The van der Waals surface area contributed by atoms with Crippen LogP contribution in [0, 0.1) is 23.2 Å². The van der Waals surface area contributed by atoms with Gasteiger partial charge < -0.3 is 5.73 Å². The summed E-state index contributed by atoms with van der Waals surface area (Å²) in [5.74, 6) is 3.12. The van der Waals surface area contributed by atoms with Crippen molar-refractivity contribution in [2.45, 2.75) is 32.2 Å². The van der Waals surface area contributed by atoms with Crippen LogP contribution < -0.4 is 5.73 Å². The molecule has 5 atom stereocenters. The van der Waals surface area contributed by atoms with E-state index in [0.717, 1.165) is 23.2 Å². The molecule has 0 aromatic carbocycles. The van der Waals surface area contributed by atoms with E-state index < -0.39 is 0 Å². The van der Waals surface area contributed by atoms with Crippen molar-refractivity contribution in [3.8, 4) is 0 Å². The van der Waals surface area contributed by atoms with Crippen LogP contribution in [0.2, 0.25) is 0 Å². The second-order valence-corrected chi connectivity index (χ2v) is 4.58. The second-order valence-electron chi connectivity index (χ2n) is 4.58. The molecule has 56 valence electrons. The summed E-state index contributed by atoms with van der Waals surface area (Å²) in [4.78, 5) is 0. The Morgan fingerprint density at radius 3 is 2.60 bits per heavy atom. The summed E-state index contributed by atoms with van der Waals surface area (Å²) in [5.41, 5.74) is 6.74. The smallest absolute Gasteiger partial charge is 0.00471 e. The van der Waals surface area contributed by atoms with E-state index in [4.69, 9.17) is 5.73 Å². The minimum Gasteiger partial charge on any atom is -0.328 e. The highest BCUT2D eigenvalue weighted by Crippen LogP contribution is 2.85. The molecule has 1 heteroatoms. The standard InChI is InChI=1S/C9H15N/c1-5(10)8-7-3-2-6-4-9(6,7)8/h5-8H,2-4,10H2,1H3/t5?,6?,7?,8?,9-/m1/s1. The quantitative estimate of drug-likeness (QED) is 0.580. The van der Waals surface area contributed by atoms with Gasteiger partial charge in [0.05, 0.1) is 0 Å². The van der Waals surface area contributed by atoms with Gasteiger partial charge in [0.15, 0.2) is 0 Å². The Labute approximate surface area is 62.0 Å². The predicted molar refractivity (Wildman–Crippen MR) is 40.4 cm³/mol. The molecule has 0 aromatic rings. The van der Waals surface area contributed by atoms with Crippen LogP contribution in [-0.4, -0.2) is 6.04 Å². The van der Waals surface area contributed by atoms with Gasteiger partial charge in [-0.3, -0.25) is 0 Å². The van der Waals surface area contributed by atoms with Gasteiger partial charge in [-0.15, -0.1) is 0 Å². The largest absolute Gasteiger partial charge is 0.328 e. The topological polar surface area (TPSA) is 26.0 Å². The van der Waals surface area contributed by atoms with Crippen LogP contribution >= 0.6 is 0 Å². The van der Waals surface area contributed by atoms with Gasteiger partial charge >= 0.3 is 0 Å². The first-order chi connectivity index (χ1) is 4.77. The highest BCUT2D eigenvalue weighted by molar-refractivity contribution is 5.29. The Bertz CT molecular complexity index is 187. The van der Waals surface area contributed by atoms with Crippen LogP contribution in [0.4, 0.5) is 0 Å². The third kappa shape index (κ3) is 0.378. The minimum absolute atomic E-state index is 0.482. The van der Waals surface area contributed by atoms with Crippen LogP contribution in [0.5, 0.6) is 0 Å². The summed E-state index contributed by atoms with van der Waals surface area (Å²) in [5, 5.41) is 0. The first-order valence-electron chi connectivity index (χ1n) is 4.52. The van der Waals surface area contributed by atoms with Crippen LogP contribution in [0.1, 0.15) is 26.2 Å². The molecule has 3 fully saturated rings. The molecule has 4 unspecified atom stereocenters. The molecule has 1 spiro atoms. The molecule has 3 saturated carbocycles. The lowest BCUT2D eigenvalue weighted by Gasteiger charge is -2.04. The Morgan fingerprint density at radius 2 is 2.30 bits per heavy atom. The van der Waals surface area contributed by atoms with Crippen molar-refractivity contribution in [1.82, 2.24) is 0 Å². The molecule has 10 heavy (non-hydrogen) atoms. The van der Waals surface area contributed by atoms with Crippen molar-refractivity contribution in [1.29, 1.82) is 0 Å². The van der Waals surface area contributed by atoms with E-state index in [-0.39, 0.29) is 0 Å². The zero-order chi connectivity index (χ0) is 6.93. The van der Waals surface area contributed by atoms with Crippen molar-refractivity contribution in [2.75, 3.05) is 0 Å². The molecule has 3 aliphatic rings. The lowest BCUT2D eigenvalue weighted by Crippen LogP contribution is -2.20. The first kappa shape index (κ1) is 5.59. The number of rotatable bonds is 1. The number of nitrogens with two attached hydrogens (primary N) is 1. The SMILES string of the molecule is CC(N)C1C2CCC3C[C@@]321. The van der Waals surface area contributed by atoms with Crippen LogP contribution in [-0.2, 0) is 0 Å². The summed E-state index contributed by atoms with van der Waals surface area (Å²) in [6.45, 7) is 2.19. The zero-order valence-corrected chi connectivity index (χ0v) is 6.51. The second kappa shape index (κ2) is 1.29. The van der Waals surface area contributed by atoms with E-state index in [1.807, 2.05) is 0 Å². The van der Waals surface area contributed by atoms with Crippen molar-refractivity contribution >= 4 is 0 Å². The molecule has 3 rings (SSSR count). The maximum absolute atomic E-state index is 5.90. The van der Waals surface area contributed by atoms with Gasteiger partial charge in [0, 0.05) is 6.04 Å². The summed E-state index contributed by atoms with van der Waals surface area (Å²) in [6.07, 6.45) is 4.55. The van der Waals surface area contributed by atoms with Crippen molar-refractivity contribution < 1.29 is 0 Å². The zero-order valence-electron chi connectivity index (χ0n) is 6.51. The Hall–Kier alpha value is -0.0400. The summed E-state index contributed by atoms with van der Waals surface area (Å²) in [7, 11) is 0. The van der Waals surface area contributed by atoms with E-state index in [2.05, 4.69) is 6.92 Å². The van der Waals surface area contributed by atoms with Gasteiger partial charge in [0.1, 0.15) is 0 Å². The molecule has 2 N–H and O–H groups in total. The molecule has 0 radical (unpaired) electrons. The first-order valence-corrected chi connectivity index (χ1v) is 4.52. The molecule has 0 saturated heterocycles. The number of hydrogen-bond donors (Lipinski definition) is 1. The van der Waals surface area contributed by atoms with Crippen molar-refractivity contribution in [3.05, 3.63) is 0 Å². The van der Waals surface area contributed by atoms with Gasteiger partial charge in [-0.1, -0.05) is 0 Å². The Kier molecular flexibility index (Phi) is 0.722. The lowest BCUT2D eigenvalue weighted by molar-refractivity contribution is 0.507. The Balaban J connectivity index is 1.86. The van der Waals surface area contributed by atoms with E-state index in [9.17, 15) is 0 Å². The minimum atomic E-state index is 0.482. The van der Waals surface area contributed by atoms with Gasteiger partial charge in [-0.25, -0.2) is 0 Å². The van der Waals surface area contributed by atoms with E-state index in [1.165, 1.54) is 19.3 Å². The molecule has 0 bridgehead atoms. The summed E-state index contributed by atoms with van der Waals surface area (Å²) >= 11 is 0. The van der Waals surface area contributed by atoms with Gasteiger partial charge in [0.2, 0.25) is 0 Å². The summed E-state index contributed by atoms with van der Waals surface area (Å²) in [6, 6.07) is 0.482. The number of hydrogen-bond acceptors (Lipinski definition) is 1. The van der Waals surface area contributed by atoms with Crippen molar-refractivity contribution in [3.63, 3.8) is 0 Å². The van der Waals surface area contributed by atoms with Crippen LogP contribution in [0.15, 0.2) is 0 Å². The molecule has 0 aliphatic heterocycles. The summed E-state index contributed by atoms with van der Waals surface area (Å²) < 4.78 is 0. The average molecular weight is 137 g/mol. The average Bonchev–Trinajstić information content (AvgIpc) is 2.69. The molecule has 0 heterocycles. The molecular formula is C9H15N. The third-order valence-corrected chi connectivity index (χ3v) is 4.23. The lowest BCUT2D eigenvalue weighted by atomic mass is 10.1. The highest BCUT2D eigenvalue weighted by atomic mass is 14.9. The van der Waals surface area contributed by atoms with E-state index in [1.54, 1.807) is 0 Å². The van der Waals surface area contributed by atoms with E-state index in [0.29, 0.717) is 6.04 Å².